The fourth-order valence-corrected chi connectivity index (χ4v) is 3.74. The molecule has 0 saturated carbocycles. The van der Waals surface area contributed by atoms with Gasteiger partial charge in [-0.3, -0.25) is 14.9 Å². The first-order chi connectivity index (χ1) is 16.0. The van der Waals surface area contributed by atoms with E-state index in [9.17, 15) is 14.0 Å². The average Bonchev–Trinajstić information content (AvgIpc) is 3.25. The summed E-state index contributed by atoms with van der Waals surface area (Å²) in [5, 5.41) is 7.71. The molecule has 4 aromatic rings. The van der Waals surface area contributed by atoms with Crippen LogP contribution in [0.1, 0.15) is 21.6 Å². The van der Waals surface area contributed by atoms with E-state index in [1.54, 1.807) is 66.0 Å². The number of rotatable bonds is 8. The zero-order chi connectivity index (χ0) is 23.0. The molecule has 0 aliphatic carbocycles. The predicted octanol–water partition coefficient (Wildman–Crippen LogP) is 5.29. The maximum Gasteiger partial charge on any atom is 0.257 e. The standard InChI is InChI=1S/C25H20FN3O3S/c26-19-9-4-6-17(12-19)15-32-22-11-5-10-20(13-22)27-23(30)14-21-16-33-25(28-21)29-24(31)18-7-2-1-3-8-18/h1-13,16H,14-15H2,(H,27,30)(H,28,29,31). The Labute approximate surface area is 194 Å². The number of nitrogens with one attached hydrogen (secondary N) is 2. The summed E-state index contributed by atoms with van der Waals surface area (Å²) in [4.78, 5) is 29.0. The van der Waals surface area contributed by atoms with E-state index in [1.807, 2.05) is 6.07 Å². The van der Waals surface area contributed by atoms with Crippen molar-refractivity contribution in [2.75, 3.05) is 10.6 Å². The van der Waals surface area contributed by atoms with Gasteiger partial charge in [0.05, 0.1) is 12.1 Å². The van der Waals surface area contributed by atoms with Gasteiger partial charge in [-0.15, -0.1) is 11.3 Å². The van der Waals surface area contributed by atoms with Crippen molar-refractivity contribution in [2.45, 2.75) is 13.0 Å². The third kappa shape index (κ3) is 6.47. The van der Waals surface area contributed by atoms with Crippen molar-refractivity contribution in [3.05, 3.63) is 107 Å². The molecule has 6 nitrogen and oxygen atoms in total. The number of halogens is 1. The van der Waals surface area contributed by atoms with Crippen molar-refractivity contribution in [1.29, 1.82) is 0 Å². The molecule has 2 N–H and O–H groups in total. The molecule has 166 valence electrons. The number of thiazole rings is 1. The second-order valence-electron chi connectivity index (χ2n) is 7.14. The number of nitrogens with zero attached hydrogens (tertiary/aromatic N) is 1. The number of benzene rings is 3. The molecule has 1 aromatic heterocycles. The monoisotopic (exact) mass is 461 g/mol. The molecule has 0 saturated heterocycles. The lowest BCUT2D eigenvalue weighted by Crippen LogP contribution is -2.15. The van der Waals surface area contributed by atoms with Crippen LogP contribution in [0.15, 0.2) is 84.2 Å². The maximum atomic E-state index is 13.3. The van der Waals surface area contributed by atoms with Crippen LogP contribution in [-0.2, 0) is 17.8 Å². The third-order valence-electron chi connectivity index (χ3n) is 4.56. The Morgan fingerprint density at radius 3 is 2.58 bits per heavy atom. The van der Waals surface area contributed by atoms with Gasteiger partial charge in [0.15, 0.2) is 5.13 Å². The van der Waals surface area contributed by atoms with Gasteiger partial charge in [0, 0.05) is 22.7 Å². The second kappa shape index (κ2) is 10.5. The number of anilines is 2. The summed E-state index contributed by atoms with van der Waals surface area (Å²) < 4.78 is 19.0. The van der Waals surface area contributed by atoms with Gasteiger partial charge < -0.3 is 10.1 Å². The molecule has 0 aliphatic rings. The van der Waals surface area contributed by atoms with Gasteiger partial charge in [0.2, 0.25) is 5.91 Å². The Morgan fingerprint density at radius 1 is 0.939 bits per heavy atom. The maximum absolute atomic E-state index is 13.3. The molecule has 0 fully saturated rings. The minimum absolute atomic E-state index is 0.0616. The summed E-state index contributed by atoms with van der Waals surface area (Å²) in [5.41, 5.74) is 2.37. The zero-order valence-electron chi connectivity index (χ0n) is 17.5. The van der Waals surface area contributed by atoms with E-state index in [1.165, 1.54) is 23.5 Å². The predicted molar refractivity (Wildman–Crippen MR) is 126 cm³/mol. The number of hydrogen-bond donors (Lipinski definition) is 2. The first-order valence-electron chi connectivity index (χ1n) is 10.1. The van der Waals surface area contributed by atoms with Gasteiger partial charge in [-0.25, -0.2) is 9.37 Å². The lowest BCUT2D eigenvalue weighted by atomic mass is 10.2. The van der Waals surface area contributed by atoms with Crippen LogP contribution in [0, 0.1) is 5.82 Å². The lowest BCUT2D eigenvalue weighted by molar-refractivity contribution is -0.115. The van der Waals surface area contributed by atoms with Crippen LogP contribution < -0.4 is 15.4 Å². The van der Waals surface area contributed by atoms with Gasteiger partial charge in [-0.2, -0.15) is 0 Å². The highest BCUT2D eigenvalue weighted by atomic mass is 32.1. The molecule has 1 heterocycles. The summed E-state index contributed by atoms with van der Waals surface area (Å²) >= 11 is 1.26. The zero-order valence-corrected chi connectivity index (χ0v) is 18.3. The van der Waals surface area contributed by atoms with Gasteiger partial charge in [0.25, 0.3) is 5.91 Å². The molecule has 4 rings (SSSR count). The molecule has 3 aromatic carbocycles. The summed E-state index contributed by atoms with van der Waals surface area (Å²) in [6.45, 7) is 0.214. The second-order valence-corrected chi connectivity index (χ2v) is 7.99. The Balaban J connectivity index is 1.30. The van der Waals surface area contributed by atoms with Crippen LogP contribution in [0.4, 0.5) is 15.2 Å². The molecule has 2 amide bonds. The van der Waals surface area contributed by atoms with E-state index >= 15 is 0 Å². The first kappa shape index (κ1) is 22.2. The van der Waals surface area contributed by atoms with E-state index in [2.05, 4.69) is 15.6 Å². The van der Waals surface area contributed by atoms with Crippen molar-refractivity contribution in [1.82, 2.24) is 4.98 Å². The van der Waals surface area contributed by atoms with Crippen LogP contribution >= 0.6 is 11.3 Å². The Hall–Kier alpha value is -4.04. The minimum Gasteiger partial charge on any atom is -0.489 e. The highest BCUT2D eigenvalue weighted by molar-refractivity contribution is 7.14. The molecule has 0 aliphatic heterocycles. The Morgan fingerprint density at radius 2 is 1.76 bits per heavy atom. The number of hydrogen-bond acceptors (Lipinski definition) is 5. The number of carbonyl (C=O) groups is 2. The van der Waals surface area contributed by atoms with E-state index in [0.29, 0.717) is 33.4 Å². The number of ether oxygens (including phenoxy) is 1. The SMILES string of the molecule is O=C(Cc1csc(NC(=O)c2ccccc2)n1)Nc1cccc(OCc2cccc(F)c2)c1. The molecule has 8 heteroatoms. The highest BCUT2D eigenvalue weighted by Crippen LogP contribution is 2.20. The lowest BCUT2D eigenvalue weighted by Gasteiger charge is -2.09. The van der Waals surface area contributed by atoms with E-state index in [4.69, 9.17) is 4.74 Å². The van der Waals surface area contributed by atoms with E-state index in [0.717, 1.165) is 0 Å². The summed E-state index contributed by atoms with van der Waals surface area (Å²) in [6, 6.07) is 22.0. The molecule has 0 atom stereocenters. The summed E-state index contributed by atoms with van der Waals surface area (Å²) in [6.07, 6.45) is 0.0616. The van der Waals surface area contributed by atoms with Gasteiger partial charge >= 0.3 is 0 Å². The summed E-state index contributed by atoms with van der Waals surface area (Å²) in [7, 11) is 0. The van der Waals surface area contributed by atoms with E-state index in [-0.39, 0.29) is 30.7 Å². The molecule has 0 bridgehead atoms. The number of carbonyl (C=O) groups excluding carboxylic acids is 2. The van der Waals surface area contributed by atoms with Crippen LogP contribution in [0.5, 0.6) is 5.75 Å². The number of amides is 2. The Kier molecular flexibility index (Phi) is 7.06. The largest absolute Gasteiger partial charge is 0.489 e. The average molecular weight is 462 g/mol. The van der Waals surface area contributed by atoms with Crippen molar-refractivity contribution in [3.63, 3.8) is 0 Å². The van der Waals surface area contributed by atoms with Crippen LogP contribution in [0.2, 0.25) is 0 Å². The quantitative estimate of drug-likeness (QED) is 0.373. The third-order valence-corrected chi connectivity index (χ3v) is 5.37. The van der Waals surface area contributed by atoms with Crippen LogP contribution in [0.25, 0.3) is 0 Å². The smallest absolute Gasteiger partial charge is 0.257 e. The molecule has 33 heavy (non-hydrogen) atoms. The van der Waals surface area contributed by atoms with Crippen molar-refractivity contribution >= 4 is 34.0 Å². The molecule has 0 unspecified atom stereocenters. The van der Waals surface area contributed by atoms with Crippen molar-refractivity contribution in [3.8, 4) is 5.75 Å². The molecular weight excluding hydrogens is 441 g/mol. The minimum atomic E-state index is -0.318. The van der Waals surface area contributed by atoms with Gasteiger partial charge in [-0.1, -0.05) is 36.4 Å². The number of aromatic nitrogens is 1. The fraction of sp³-hybridized carbons (Fsp3) is 0.0800. The van der Waals surface area contributed by atoms with E-state index < -0.39 is 0 Å². The van der Waals surface area contributed by atoms with Gasteiger partial charge in [-0.05, 0) is 42.0 Å². The normalized spacial score (nSPS) is 10.5. The Bertz CT molecular complexity index is 1260. The topological polar surface area (TPSA) is 80.3 Å². The molecular formula is C25H20FN3O3S. The van der Waals surface area contributed by atoms with Crippen LogP contribution in [-0.4, -0.2) is 16.8 Å². The highest BCUT2D eigenvalue weighted by Gasteiger charge is 2.11. The van der Waals surface area contributed by atoms with Crippen molar-refractivity contribution in [2.24, 2.45) is 0 Å². The summed E-state index contributed by atoms with van der Waals surface area (Å²) in [5.74, 6) is -0.266. The molecule has 0 radical (unpaired) electrons. The molecule has 0 spiro atoms. The van der Waals surface area contributed by atoms with Gasteiger partial charge in [0.1, 0.15) is 18.2 Å². The fourth-order valence-electron chi connectivity index (χ4n) is 3.03. The van der Waals surface area contributed by atoms with Crippen molar-refractivity contribution < 1.29 is 18.7 Å². The first-order valence-corrected chi connectivity index (χ1v) is 11.0. The van der Waals surface area contributed by atoms with Crippen LogP contribution in [0.3, 0.4) is 0 Å².